The minimum Gasteiger partial charge on any atom is -0.497 e. The van der Waals surface area contributed by atoms with Crippen LogP contribution in [0.5, 0.6) is 5.75 Å². The molecule has 1 aromatic rings. The Kier molecular flexibility index (Phi) is 5.14. The molecule has 0 aliphatic rings. The fourth-order valence-electron chi connectivity index (χ4n) is 1.33. The molecule has 1 amide bonds. The molecule has 3 nitrogen and oxygen atoms in total. The number of carbonyl (C=O) groups excluding carboxylic acids is 1. The summed E-state index contributed by atoms with van der Waals surface area (Å²) in [4.78, 5) is 10.8. The van der Waals surface area contributed by atoms with Crippen LogP contribution in [0.15, 0.2) is 24.3 Å². The third-order valence-electron chi connectivity index (χ3n) is 2.44. The molecule has 19 heavy (non-hydrogen) atoms. The molecule has 0 atom stereocenters. The Bertz CT molecular complexity index is 420. The number of amides is 1. The first-order valence-corrected chi connectivity index (χ1v) is 5.45. The lowest BCUT2D eigenvalue weighted by Crippen LogP contribution is -2.45. The summed E-state index contributed by atoms with van der Waals surface area (Å²) in [7, 11) is 1.50. The first kappa shape index (κ1) is 15.3. The van der Waals surface area contributed by atoms with Crippen LogP contribution in [0.1, 0.15) is 5.56 Å². The van der Waals surface area contributed by atoms with Gasteiger partial charge in [-0.15, -0.1) is 0 Å². The lowest BCUT2D eigenvalue weighted by molar-refractivity contribution is -0.169. The summed E-state index contributed by atoms with van der Waals surface area (Å²) >= 11 is 0. The number of rotatable bonds is 6. The molecule has 0 aliphatic carbocycles. The van der Waals surface area contributed by atoms with E-state index in [9.17, 15) is 22.4 Å². The summed E-state index contributed by atoms with van der Waals surface area (Å²) in [6, 6.07) is 6.72. The van der Waals surface area contributed by atoms with Crippen LogP contribution in [0.25, 0.3) is 0 Å². The highest BCUT2D eigenvalue weighted by molar-refractivity contribution is 5.83. The van der Waals surface area contributed by atoms with E-state index in [1.807, 2.05) is 0 Å². The van der Waals surface area contributed by atoms with Gasteiger partial charge in [0.25, 0.3) is 5.91 Å². The Morgan fingerprint density at radius 2 is 1.89 bits per heavy atom. The number of methoxy groups -OCH3 is 1. The number of nitrogens with one attached hydrogen (secondary N) is 1. The van der Waals surface area contributed by atoms with Gasteiger partial charge in [-0.2, -0.15) is 8.78 Å². The molecule has 7 heteroatoms. The molecule has 0 heterocycles. The van der Waals surface area contributed by atoms with Crippen molar-refractivity contribution in [3.05, 3.63) is 29.8 Å². The first-order chi connectivity index (χ1) is 8.87. The van der Waals surface area contributed by atoms with Crippen LogP contribution < -0.4 is 10.1 Å². The number of benzene rings is 1. The van der Waals surface area contributed by atoms with Crippen molar-refractivity contribution in [3.8, 4) is 5.75 Å². The van der Waals surface area contributed by atoms with Gasteiger partial charge in [0.15, 0.2) is 0 Å². The van der Waals surface area contributed by atoms with Gasteiger partial charge < -0.3 is 10.1 Å². The molecule has 0 saturated carbocycles. The molecule has 1 N–H and O–H groups in total. The predicted octanol–water partition coefficient (Wildman–Crippen LogP) is 2.25. The molecule has 0 aromatic heterocycles. The number of hydrogen-bond donors (Lipinski definition) is 1. The van der Waals surface area contributed by atoms with Gasteiger partial charge in [0.05, 0.1) is 7.11 Å². The van der Waals surface area contributed by atoms with Crippen molar-refractivity contribution in [2.24, 2.45) is 0 Å². The summed E-state index contributed by atoms with van der Waals surface area (Å²) in [5, 5.41) is 1.78. The number of hydrogen-bond acceptors (Lipinski definition) is 2. The average molecular weight is 279 g/mol. The van der Waals surface area contributed by atoms with E-state index in [2.05, 4.69) is 0 Å². The van der Waals surface area contributed by atoms with Gasteiger partial charge in [0, 0.05) is 6.54 Å². The monoisotopic (exact) mass is 279 g/mol. The van der Waals surface area contributed by atoms with Gasteiger partial charge in [0.2, 0.25) is 0 Å². The SMILES string of the molecule is COc1ccc(CCNC(=O)C(F)(F)C(F)F)cc1. The lowest BCUT2D eigenvalue weighted by atomic mass is 10.1. The minimum absolute atomic E-state index is 0.145. The third kappa shape index (κ3) is 4.11. The molecular formula is C12H13F4NO2. The Morgan fingerprint density at radius 1 is 1.32 bits per heavy atom. The zero-order chi connectivity index (χ0) is 14.5. The van der Waals surface area contributed by atoms with Crippen molar-refractivity contribution in [1.82, 2.24) is 5.32 Å². The molecule has 1 rings (SSSR count). The van der Waals surface area contributed by atoms with Gasteiger partial charge in [-0.05, 0) is 24.1 Å². The Labute approximate surface area is 107 Å². The highest BCUT2D eigenvalue weighted by atomic mass is 19.3. The van der Waals surface area contributed by atoms with Crippen molar-refractivity contribution in [2.75, 3.05) is 13.7 Å². The van der Waals surface area contributed by atoms with Crippen molar-refractivity contribution in [1.29, 1.82) is 0 Å². The molecule has 1 aromatic carbocycles. The van der Waals surface area contributed by atoms with Crippen LogP contribution in [-0.2, 0) is 11.2 Å². The maximum Gasteiger partial charge on any atom is 0.383 e. The standard InChI is InChI=1S/C12H13F4NO2/c1-19-9-4-2-8(3-5-9)6-7-17-11(18)12(15,16)10(13)14/h2-5,10H,6-7H2,1H3,(H,17,18). The van der Waals surface area contributed by atoms with Crippen molar-refractivity contribution in [3.63, 3.8) is 0 Å². The molecule has 0 aliphatic heterocycles. The van der Waals surface area contributed by atoms with Gasteiger partial charge >= 0.3 is 12.3 Å². The predicted molar refractivity (Wildman–Crippen MR) is 60.7 cm³/mol. The zero-order valence-electron chi connectivity index (χ0n) is 10.1. The van der Waals surface area contributed by atoms with Gasteiger partial charge in [-0.3, -0.25) is 4.79 Å². The third-order valence-corrected chi connectivity index (χ3v) is 2.44. The molecule has 0 bridgehead atoms. The second kappa shape index (κ2) is 6.40. The fourth-order valence-corrected chi connectivity index (χ4v) is 1.33. The summed E-state index contributed by atoms with van der Waals surface area (Å²) in [5.41, 5.74) is 0.765. The first-order valence-electron chi connectivity index (χ1n) is 5.45. The van der Waals surface area contributed by atoms with Crippen molar-refractivity contribution >= 4 is 5.91 Å². The number of alkyl halides is 4. The van der Waals surface area contributed by atoms with E-state index in [0.29, 0.717) is 5.75 Å². The van der Waals surface area contributed by atoms with Crippen LogP contribution in [0.3, 0.4) is 0 Å². The summed E-state index contributed by atoms with van der Waals surface area (Å²) < 4.78 is 53.8. The molecule has 106 valence electrons. The van der Waals surface area contributed by atoms with Crippen LogP contribution in [0.2, 0.25) is 0 Å². The Hall–Kier alpha value is -1.79. The van der Waals surface area contributed by atoms with E-state index in [1.165, 1.54) is 7.11 Å². The van der Waals surface area contributed by atoms with Crippen LogP contribution >= 0.6 is 0 Å². The molecule has 0 fully saturated rings. The molecule has 0 saturated heterocycles. The molecular weight excluding hydrogens is 266 g/mol. The summed E-state index contributed by atoms with van der Waals surface area (Å²) in [6.45, 7) is -0.145. The zero-order valence-corrected chi connectivity index (χ0v) is 10.1. The summed E-state index contributed by atoms with van der Waals surface area (Å²) in [6.07, 6.45) is -3.75. The average Bonchev–Trinajstić information content (AvgIpc) is 2.39. The number of carbonyl (C=O) groups is 1. The highest BCUT2D eigenvalue weighted by Gasteiger charge is 2.48. The maximum absolute atomic E-state index is 12.6. The van der Waals surface area contributed by atoms with Crippen molar-refractivity contribution < 1.29 is 27.1 Å². The van der Waals surface area contributed by atoms with Crippen molar-refractivity contribution in [2.45, 2.75) is 18.8 Å². The Morgan fingerprint density at radius 3 is 2.37 bits per heavy atom. The van der Waals surface area contributed by atoms with Gasteiger partial charge in [-0.1, -0.05) is 12.1 Å². The number of halogens is 4. The van der Waals surface area contributed by atoms with Gasteiger partial charge in [0.1, 0.15) is 5.75 Å². The van der Waals surface area contributed by atoms with E-state index in [1.54, 1.807) is 29.6 Å². The van der Waals surface area contributed by atoms with E-state index < -0.39 is 18.3 Å². The topological polar surface area (TPSA) is 38.3 Å². The smallest absolute Gasteiger partial charge is 0.383 e. The summed E-state index contributed by atoms with van der Waals surface area (Å²) in [5.74, 6) is -5.98. The Balaban J connectivity index is 2.43. The molecule has 0 unspecified atom stereocenters. The van der Waals surface area contributed by atoms with Crippen LogP contribution in [0.4, 0.5) is 17.6 Å². The van der Waals surface area contributed by atoms with Crippen LogP contribution in [-0.4, -0.2) is 31.9 Å². The minimum atomic E-state index is -4.65. The lowest BCUT2D eigenvalue weighted by Gasteiger charge is -2.14. The van der Waals surface area contributed by atoms with Gasteiger partial charge in [-0.25, -0.2) is 8.78 Å². The largest absolute Gasteiger partial charge is 0.497 e. The van der Waals surface area contributed by atoms with E-state index in [-0.39, 0.29) is 13.0 Å². The van der Waals surface area contributed by atoms with E-state index >= 15 is 0 Å². The second-order valence-electron chi connectivity index (χ2n) is 3.78. The normalized spacial score (nSPS) is 11.5. The quantitative estimate of drug-likeness (QED) is 0.811. The molecule has 0 spiro atoms. The fraction of sp³-hybridized carbons (Fsp3) is 0.417. The number of ether oxygens (including phenoxy) is 1. The van der Waals surface area contributed by atoms with Crippen LogP contribution in [0, 0.1) is 0 Å². The maximum atomic E-state index is 12.6. The van der Waals surface area contributed by atoms with E-state index in [4.69, 9.17) is 4.74 Å². The molecule has 0 radical (unpaired) electrons. The van der Waals surface area contributed by atoms with E-state index in [0.717, 1.165) is 5.56 Å². The highest BCUT2D eigenvalue weighted by Crippen LogP contribution is 2.22. The second-order valence-corrected chi connectivity index (χ2v) is 3.78.